The van der Waals surface area contributed by atoms with E-state index in [0.717, 1.165) is 12.0 Å². The van der Waals surface area contributed by atoms with E-state index in [9.17, 15) is 0 Å². The van der Waals surface area contributed by atoms with Crippen molar-refractivity contribution in [3.05, 3.63) is 22.7 Å². The van der Waals surface area contributed by atoms with Crippen molar-refractivity contribution < 1.29 is 14.6 Å². The van der Waals surface area contributed by atoms with Gasteiger partial charge >= 0.3 is 0 Å². The molecule has 0 aliphatic carbocycles. The van der Waals surface area contributed by atoms with Gasteiger partial charge in [0.15, 0.2) is 11.5 Å². The zero-order chi connectivity index (χ0) is 15.8. The summed E-state index contributed by atoms with van der Waals surface area (Å²) in [5, 5.41) is 13.0. The predicted octanol–water partition coefficient (Wildman–Crippen LogP) is 2.11. The number of nitrogens with one attached hydrogen (secondary N) is 1. The van der Waals surface area contributed by atoms with Crippen LogP contribution in [0.25, 0.3) is 0 Å². The van der Waals surface area contributed by atoms with Crippen LogP contribution in [0.1, 0.15) is 31.4 Å². The number of methoxy groups -OCH3 is 2. The standard InChI is InChI=1S/C15H25ClN2O3/c1-4-10(7-8-19)18-12(9-17)11-5-6-13(20-2)15(21-3)14(11)16/h5-6,10,12,18-19H,4,7-9,17H2,1-3H3. The number of aliphatic hydroxyl groups excluding tert-OH is 1. The third kappa shape index (κ3) is 4.48. The molecule has 120 valence electrons. The van der Waals surface area contributed by atoms with E-state index in [1.54, 1.807) is 14.2 Å². The molecule has 0 fully saturated rings. The maximum Gasteiger partial charge on any atom is 0.179 e. The van der Waals surface area contributed by atoms with Crippen LogP contribution < -0.4 is 20.5 Å². The monoisotopic (exact) mass is 316 g/mol. The van der Waals surface area contributed by atoms with Gasteiger partial charge in [0.1, 0.15) is 0 Å². The Balaban J connectivity index is 3.05. The molecular weight excluding hydrogens is 292 g/mol. The molecule has 0 amide bonds. The highest BCUT2D eigenvalue weighted by Crippen LogP contribution is 2.39. The zero-order valence-corrected chi connectivity index (χ0v) is 13.6. The third-order valence-corrected chi connectivity index (χ3v) is 3.92. The van der Waals surface area contributed by atoms with Crippen LogP contribution in [0.15, 0.2) is 12.1 Å². The molecule has 6 heteroatoms. The first kappa shape index (κ1) is 18.0. The van der Waals surface area contributed by atoms with Crippen molar-refractivity contribution in [1.82, 2.24) is 5.32 Å². The van der Waals surface area contributed by atoms with Crippen LogP contribution in [0.4, 0.5) is 0 Å². The number of halogens is 1. The summed E-state index contributed by atoms with van der Waals surface area (Å²) in [4.78, 5) is 0. The van der Waals surface area contributed by atoms with Gasteiger partial charge in [-0.15, -0.1) is 0 Å². The molecule has 0 radical (unpaired) electrons. The Kier molecular flexibility index (Phi) is 7.82. The maximum atomic E-state index is 9.10. The average Bonchev–Trinajstić information content (AvgIpc) is 2.51. The first-order valence-corrected chi connectivity index (χ1v) is 7.47. The van der Waals surface area contributed by atoms with Crippen LogP contribution in [0.5, 0.6) is 11.5 Å². The van der Waals surface area contributed by atoms with Crippen LogP contribution in [-0.4, -0.2) is 38.5 Å². The van der Waals surface area contributed by atoms with Crippen molar-refractivity contribution in [1.29, 1.82) is 0 Å². The van der Waals surface area contributed by atoms with Gasteiger partial charge < -0.3 is 25.6 Å². The summed E-state index contributed by atoms with van der Waals surface area (Å²) >= 11 is 6.42. The molecule has 1 rings (SSSR count). The molecule has 0 aliphatic rings. The lowest BCUT2D eigenvalue weighted by molar-refractivity contribution is 0.255. The van der Waals surface area contributed by atoms with Crippen LogP contribution >= 0.6 is 11.6 Å². The van der Waals surface area contributed by atoms with E-state index in [1.165, 1.54) is 0 Å². The summed E-state index contributed by atoms with van der Waals surface area (Å²) in [7, 11) is 3.12. The van der Waals surface area contributed by atoms with E-state index in [-0.39, 0.29) is 18.7 Å². The van der Waals surface area contributed by atoms with Gasteiger partial charge in [0.05, 0.1) is 19.2 Å². The maximum absolute atomic E-state index is 9.10. The third-order valence-electron chi connectivity index (χ3n) is 3.53. The molecule has 0 saturated heterocycles. The molecule has 0 spiro atoms. The van der Waals surface area contributed by atoms with Crippen molar-refractivity contribution in [2.75, 3.05) is 27.4 Å². The number of benzene rings is 1. The number of hydrogen-bond acceptors (Lipinski definition) is 5. The fourth-order valence-corrected chi connectivity index (χ4v) is 2.67. The number of hydrogen-bond donors (Lipinski definition) is 3. The van der Waals surface area contributed by atoms with E-state index >= 15 is 0 Å². The minimum atomic E-state index is -0.103. The molecule has 0 heterocycles. The highest BCUT2D eigenvalue weighted by molar-refractivity contribution is 6.33. The Labute approximate surface area is 131 Å². The normalized spacial score (nSPS) is 13.8. The topological polar surface area (TPSA) is 76.7 Å². The lowest BCUT2D eigenvalue weighted by Crippen LogP contribution is -2.37. The van der Waals surface area contributed by atoms with Crippen molar-refractivity contribution in [2.45, 2.75) is 31.8 Å². The molecular formula is C15H25ClN2O3. The summed E-state index contributed by atoms with van der Waals surface area (Å²) < 4.78 is 10.5. The van der Waals surface area contributed by atoms with Gasteiger partial charge in [-0.2, -0.15) is 0 Å². The Morgan fingerprint density at radius 1 is 1.33 bits per heavy atom. The smallest absolute Gasteiger partial charge is 0.179 e. The van der Waals surface area contributed by atoms with E-state index < -0.39 is 0 Å². The van der Waals surface area contributed by atoms with Crippen molar-refractivity contribution in [3.63, 3.8) is 0 Å². The fourth-order valence-electron chi connectivity index (χ4n) is 2.30. The van der Waals surface area contributed by atoms with Gasteiger partial charge in [0, 0.05) is 25.2 Å². The number of aliphatic hydroxyl groups is 1. The van der Waals surface area contributed by atoms with Gasteiger partial charge in [0.25, 0.3) is 0 Å². The Morgan fingerprint density at radius 2 is 2.05 bits per heavy atom. The van der Waals surface area contributed by atoms with Gasteiger partial charge in [0.2, 0.25) is 0 Å². The van der Waals surface area contributed by atoms with E-state index in [2.05, 4.69) is 12.2 Å². The quantitative estimate of drug-likeness (QED) is 0.650. The highest BCUT2D eigenvalue weighted by atomic mass is 35.5. The van der Waals surface area contributed by atoms with Crippen molar-refractivity contribution in [3.8, 4) is 11.5 Å². The second kappa shape index (κ2) is 9.10. The van der Waals surface area contributed by atoms with Crippen LogP contribution in [-0.2, 0) is 0 Å². The molecule has 21 heavy (non-hydrogen) atoms. The second-order valence-corrected chi connectivity index (χ2v) is 5.15. The zero-order valence-electron chi connectivity index (χ0n) is 12.9. The molecule has 0 aliphatic heterocycles. The van der Waals surface area contributed by atoms with Crippen molar-refractivity contribution in [2.24, 2.45) is 5.73 Å². The summed E-state index contributed by atoms with van der Waals surface area (Å²) in [6.45, 7) is 2.61. The highest BCUT2D eigenvalue weighted by Gasteiger charge is 2.21. The molecule has 5 nitrogen and oxygen atoms in total. The van der Waals surface area contributed by atoms with E-state index in [1.807, 2.05) is 12.1 Å². The largest absolute Gasteiger partial charge is 0.493 e. The SMILES string of the molecule is CCC(CCO)NC(CN)c1ccc(OC)c(OC)c1Cl. The molecule has 2 unspecified atom stereocenters. The summed E-state index contributed by atoms with van der Waals surface area (Å²) in [6, 6.07) is 3.79. The van der Waals surface area contributed by atoms with Gasteiger partial charge in [-0.1, -0.05) is 24.6 Å². The molecule has 1 aromatic carbocycles. The first-order chi connectivity index (χ1) is 10.1. The number of rotatable bonds is 9. The summed E-state index contributed by atoms with van der Waals surface area (Å²) in [6.07, 6.45) is 1.58. The van der Waals surface area contributed by atoms with Crippen LogP contribution in [0.3, 0.4) is 0 Å². The molecule has 0 bridgehead atoms. The Bertz CT molecular complexity index is 443. The summed E-state index contributed by atoms with van der Waals surface area (Å²) in [5.41, 5.74) is 6.75. The summed E-state index contributed by atoms with van der Waals surface area (Å²) in [5.74, 6) is 1.09. The van der Waals surface area contributed by atoms with Gasteiger partial charge in [-0.25, -0.2) is 0 Å². The van der Waals surface area contributed by atoms with E-state index in [0.29, 0.717) is 29.5 Å². The minimum Gasteiger partial charge on any atom is -0.493 e. The molecule has 1 aromatic rings. The molecule has 4 N–H and O–H groups in total. The van der Waals surface area contributed by atoms with E-state index in [4.69, 9.17) is 31.9 Å². The lowest BCUT2D eigenvalue weighted by atomic mass is 10.0. The fraction of sp³-hybridized carbons (Fsp3) is 0.600. The van der Waals surface area contributed by atoms with Gasteiger partial charge in [-0.3, -0.25) is 0 Å². The molecule has 0 saturated carbocycles. The number of ether oxygens (including phenoxy) is 2. The predicted molar refractivity (Wildman–Crippen MR) is 85.3 cm³/mol. The average molecular weight is 317 g/mol. The number of nitrogens with two attached hydrogens (primary N) is 1. The molecule has 0 aromatic heterocycles. The minimum absolute atomic E-state index is 0.103. The van der Waals surface area contributed by atoms with Crippen LogP contribution in [0, 0.1) is 0 Å². The van der Waals surface area contributed by atoms with Crippen molar-refractivity contribution >= 4 is 11.6 Å². The lowest BCUT2D eigenvalue weighted by Gasteiger charge is -2.25. The Hall–Kier alpha value is -1.01. The van der Waals surface area contributed by atoms with Gasteiger partial charge in [-0.05, 0) is 24.5 Å². The Morgan fingerprint density at radius 3 is 2.52 bits per heavy atom. The van der Waals surface area contributed by atoms with Crippen LogP contribution in [0.2, 0.25) is 5.02 Å². The molecule has 2 atom stereocenters. The first-order valence-electron chi connectivity index (χ1n) is 7.10. The second-order valence-electron chi connectivity index (χ2n) is 4.78.